The van der Waals surface area contributed by atoms with Gasteiger partial charge in [0, 0.05) is 10.9 Å². The molecule has 6 nitrogen and oxygen atoms in total. The van der Waals surface area contributed by atoms with Gasteiger partial charge in [-0.1, -0.05) is 24.3 Å². The number of para-hydroxylation sites is 1. The SMILES string of the molecule is COc1ccccc1C(=O)NC(CCSC)C(=O)Nc1nc(-c2cccc(F)c2)cs1. The number of halogens is 1. The van der Waals surface area contributed by atoms with Crippen molar-refractivity contribution in [3.8, 4) is 17.0 Å². The first-order valence-corrected chi connectivity index (χ1v) is 11.7. The number of hydrogen-bond acceptors (Lipinski definition) is 6. The summed E-state index contributed by atoms with van der Waals surface area (Å²) >= 11 is 2.82. The summed E-state index contributed by atoms with van der Waals surface area (Å²) in [5.74, 6) is 0.0168. The molecule has 31 heavy (non-hydrogen) atoms. The Morgan fingerprint density at radius 3 is 2.77 bits per heavy atom. The molecule has 2 N–H and O–H groups in total. The maximum absolute atomic E-state index is 13.5. The molecule has 0 saturated heterocycles. The molecule has 0 radical (unpaired) electrons. The van der Waals surface area contributed by atoms with Crippen molar-refractivity contribution in [3.63, 3.8) is 0 Å². The molecule has 0 saturated carbocycles. The summed E-state index contributed by atoms with van der Waals surface area (Å²) in [6.07, 6.45) is 2.39. The highest BCUT2D eigenvalue weighted by Gasteiger charge is 2.23. The van der Waals surface area contributed by atoms with Crippen LogP contribution < -0.4 is 15.4 Å². The zero-order valence-corrected chi connectivity index (χ0v) is 18.7. The first-order chi connectivity index (χ1) is 15.0. The molecule has 1 atom stereocenters. The van der Waals surface area contributed by atoms with Gasteiger partial charge in [0.05, 0.1) is 18.4 Å². The van der Waals surface area contributed by atoms with E-state index in [0.717, 1.165) is 0 Å². The molecule has 0 spiro atoms. The number of aromatic nitrogens is 1. The number of rotatable bonds is 9. The number of ether oxygens (including phenoxy) is 1. The second kappa shape index (κ2) is 10.9. The molecule has 0 aliphatic heterocycles. The lowest BCUT2D eigenvalue weighted by Gasteiger charge is -2.18. The smallest absolute Gasteiger partial charge is 0.255 e. The molecule has 3 aromatic rings. The second-order valence-electron chi connectivity index (χ2n) is 6.55. The summed E-state index contributed by atoms with van der Waals surface area (Å²) in [7, 11) is 1.49. The lowest BCUT2D eigenvalue weighted by Crippen LogP contribution is -2.44. The monoisotopic (exact) mass is 459 g/mol. The van der Waals surface area contributed by atoms with Crippen LogP contribution in [0.3, 0.4) is 0 Å². The topological polar surface area (TPSA) is 80.3 Å². The van der Waals surface area contributed by atoms with E-state index in [0.29, 0.717) is 39.9 Å². The molecule has 0 aliphatic rings. The second-order valence-corrected chi connectivity index (χ2v) is 8.39. The first kappa shape index (κ1) is 22.8. The van der Waals surface area contributed by atoms with E-state index in [1.54, 1.807) is 53.5 Å². The Morgan fingerprint density at radius 2 is 2.03 bits per heavy atom. The van der Waals surface area contributed by atoms with Crippen molar-refractivity contribution < 1.29 is 18.7 Å². The van der Waals surface area contributed by atoms with E-state index in [4.69, 9.17) is 4.74 Å². The Labute approximate surface area is 188 Å². The van der Waals surface area contributed by atoms with Crippen molar-refractivity contribution in [2.24, 2.45) is 0 Å². The zero-order valence-electron chi connectivity index (χ0n) is 17.1. The number of thiazole rings is 1. The van der Waals surface area contributed by atoms with Gasteiger partial charge in [0.15, 0.2) is 5.13 Å². The Kier molecular flexibility index (Phi) is 8.02. The molecule has 0 bridgehead atoms. The van der Waals surface area contributed by atoms with Gasteiger partial charge in [0.1, 0.15) is 17.6 Å². The summed E-state index contributed by atoms with van der Waals surface area (Å²) in [6, 6.07) is 12.2. The van der Waals surface area contributed by atoms with Crippen molar-refractivity contribution in [3.05, 3.63) is 65.3 Å². The Bertz CT molecular complexity index is 1060. The number of amides is 2. The molecule has 9 heteroatoms. The van der Waals surface area contributed by atoms with Crippen LogP contribution in [0, 0.1) is 5.82 Å². The van der Waals surface area contributed by atoms with Crippen molar-refractivity contribution in [2.45, 2.75) is 12.5 Å². The third-order valence-electron chi connectivity index (χ3n) is 4.44. The number of carbonyl (C=O) groups excluding carboxylic acids is 2. The Balaban J connectivity index is 1.72. The van der Waals surface area contributed by atoms with Gasteiger partial charge in [-0.15, -0.1) is 11.3 Å². The molecular formula is C22H22FN3O3S2. The minimum Gasteiger partial charge on any atom is -0.496 e. The van der Waals surface area contributed by atoms with E-state index in [9.17, 15) is 14.0 Å². The fourth-order valence-corrected chi connectivity index (χ4v) is 4.07. The molecule has 0 fully saturated rings. The maximum atomic E-state index is 13.5. The predicted octanol–water partition coefficient (Wildman–Crippen LogP) is 4.45. The molecule has 1 aromatic heterocycles. The van der Waals surface area contributed by atoms with Crippen LogP contribution in [0.5, 0.6) is 5.75 Å². The zero-order chi connectivity index (χ0) is 22.2. The van der Waals surface area contributed by atoms with Gasteiger partial charge in [-0.05, 0) is 42.7 Å². The minimum atomic E-state index is -0.744. The van der Waals surface area contributed by atoms with Gasteiger partial charge < -0.3 is 15.4 Å². The van der Waals surface area contributed by atoms with Crippen molar-refractivity contribution in [1.29, 1.82) is 0 Å². The Morgan fingerprint density at radius 1 is 1.23 bits per heavy atom. The van der Waals surface area contributed by atoms with Gasteiger partial charge in [-0.2, -0.15) is 11.8 Å². The third-order valence-corrected chi connectivity index (χ3v) is 5.84. The number of benzene rings is 2. The molecule has 0 aliphatic carbocycles. The van der Waals surface area contributed by atoms with Gasteiger partial charge in [0.2, 0.25) is 5.91 Å². The van der Waals surface area contributed by atoms with E-state index < -0.39 is 11.9 Å². The van der Waals surface area contributed by atoms with E-state index >= 15 is 0 Å². The summed E-state index contributed by atoms with van der Waals surface area (Å²) in [6.45, 7) is 0. The largest absolute Gasteiger partial charge is 0.496 e. The fraction of sp³-hybridized carbons (Fsp3) is 0.227. The van der Waals surface area contributed by atoms with Crippen LogP contribution in [-0.4, -0.2) is 42.0 Å². The van der Waals surface area contributed by atoms with E-state index in [2.05, 4.69) is 15.6 Å². The lowest BCUT2D eigenvalue weighted by molar-refractivity contribution is -0.118. The van der Waals surface area contributed by atoms with Crippen LogP contribution in [0.4, 0.5) is 9.52 Å². The lowest BCUT2D eigenvalue weighted by atomic mass is 10.1. The van der Waals surface area contributed by atoms with Crippen LogP contribution >= 0.6 is 23.1 Å². The van der Waals surface area contributed by atoms with Crippen molar-refractivity contribution in [1.82, 2.24) is 10.3 Å². The quantitative estimate of drug-likeness (QED) is 0.494. The van der Waals surface area contributed by atoms with Crippen molar-refractivity contribution in [2.75, 3.05) is 24.4 Å². The summed E-state index contributed by atoms with van der Waals surface area (Å²) in [5, 5.41) is 7.68. The van der Waals surface area contributed by atoms with Crippen molar-refractivity contribution >= 4 is 40.0 Å². The average molecular weight is 460 g/mol. The average Bonchev–Trinajstić information content (AvgIpc) is 3.24. The van der Waals surface area contributed by atoms with E-state index in [1.807, 2.05) is 6.26 Å². The van der Waals surface area contributed by atoms with Crippen LogP contribution in [0.25, 0.3) is 11.3 Å². The molecule has 2 amide bonds. The number of thioether (sulfide) groups is 1. The summed E-state index contributed by atoms with van der Waals surface area (Å²) in [5.41, 5.74) is 1.55. The number of carbonyl (C=O) groups is 2. The fourth-order valence-electron chi connectivity index (χ4n) is 2.88. The third kappa shape index (κ3) is 6.05. The highest BCUT2D eigenvalue weighted by atomic mass is 32.2. The molecule has 162 valence electrons. The minimum absolute atomic E-state index is 0.354. The molecule has 3 rings (SSSR count). The summed E-state index contributed by atoms with van der Waals surface area (Å²) < 4.78 is 18.7. The van der Waals surface area contributed by atoms with Crippen LogP contribution in [0.2, 0.25) is 0 Å². The van der Waals surface area contributed by atoms with Gasteiger partial charge in [0.25, 0.3) is 5.91 Å². The number of nitrogens with zero attached hydrogens (tertiary/aromatic N) is 1. The molecule has 1 unspecified atom stereocenters. The number of hydrogen-bond donors (Lipinski definition) is 2. The van der Waals surface area contributed by atoms with E-state index in [1.165, 1.54) is 30.6 Å². The highest BCUT2D eigenvalue weighted by Crippen LogP contribution is 2.25. The number of nitrogens with one attached hydrogen (secondary N) is 2. The predicted molar refractivity (Wildman–Crippen MR) is 123 cm³/mol. The van der Waals surface area contributed by atoms with Gasteiger partial charge >= 0.3 is 0 Å². The normalized spacial score (nSPS) is 11.6. The van der Waals surface area contributed by atoms with E-state index in [-0.39, 0.29) is 11.7 Å². The Hall–Kier alpha value is -2.91. The maximum Gasteiger partial charge on any atom is 0.255 e. The number of methoxy groups -OCH3 is 1. The van der Waals surface area contributed by atoms with Gasteiger partial charge in [-0.25, -0.2) is 9.37 Å². The molecular weight excluding hydrogens is 437 g/mol. The van der Waals surface area contributed by atoms with Crippen LogP contribution in [-0.2, 0) is 4.79 Å². The molecule has 2 aromatic carbocycles. The standard InChI is InChI=1S/C22H22FN3O3S2/c1-29-19-9-4-3-8-16(19)20(27)24-17(10-11-30-2)21(28)26-22-25-18(13-31-22)14-6-5-7-15(23)12-14/h3-9,12-13,17H,10-11H2,1-2H3,(H,24,27)(H,25,26,28). The van der Waals surface area contributed by atoms with Crippen LogP contribution in [0.1, 0.15) is 16.8 Å². The van der Waals surface area contributed by atoms with Crippen LogP contribution in [0.15, 0.2) is 53.9 Å². The summed E-state index contributed by atoms with van der Waals surface area (Å²) in [4.78, 5) is 30.0. The molecule has 1 heterocycles. The highest BCUT2D eigenvalue weighted by molar-refractivity contribution is 7.98. The van der Waals surface area contributed by atoms with Gasteiger partial charge in [-0.3, -0.25) is 9.59 Å². The first-order valence-electron chi connectivity index (χ1n) is 9.47. The number of anilines is 1.